The van der Waals surface area contributed by atoms with E-state index in [-0.39, 0.29) is 11.9 Å². The van der Waals surface area contributed by atoms with Gasteiger partial charge in [-0.15, -0.1) is 0 Å². The maximum absolute atomic E-state index is 13.3. The number of rotatable bonds is 3. The highest BCUT2D eigenvalue weighted by atomic mass is 32.2. The van der Waals surface area contributed by atoms with E-state index in [4.69, 9.17) is 14.5 Å². The monoisotopic (exact) mass is 408 g/mol. The molecule has 0 aliphatic carbocycles. The summed E-state index contributed by atoms with van der Waals surface area (Å²) in [7, 11) is 0. The molecule has 6 heteroatoms. The van der Waals surface area contributed by atoms with Crippen molar-refractivity contribution in [1.29, 1.82) is 0 Å². The molecule has 0 N–H and O–H groups in total. The molecule has 150 valence electrons. The van der Waals surface area contributed by atoms with Gasteiger partial charge in [0.2, 0.25) is 0 Å². The number of carbonyl (C=O) groups excluding carboxylic acids is 1. The highest BCUT2D eigenvalue weighted by molar-refractivity contribution is 8.19. The molecule has 0 radical (unpaired) electrons. The highest BCUT2D eigenvalue weighted by Crippen LogP contribution is 2.39. The summed E-state index contributed by atoms with van der Waals surface area (Å²) in [6.45, 7) is 9.19. The van der Waals surface area contributed by atoms with Gasteiger partial charge in [0, 0.05) is 6.04 Å². The van der Waals surface area contributed by atoms with Gasteiger partial charge in [0.25, 0.3) is 5.91 Å². The Bertz CT molecular complexity index is 1030. The van der Waals surface area contributed by atoms with E-state index in [9.17, 15) is 4.79 Å². The van der Waals surface area contributed by atoms with Crippen LogP contribution in [0.25, 0.3) is 6.08 Å². The number of aryl methyl sites for hydroxylation is 2. The Morgan fingerprint density at radius 2 is 1.83 bits per heavy atom. The zero-order valence-electron chi connectivity index (χ0n) is 17.1. The molecule has 2 aromatic carbocycles. The van der Waals surface area contributed by atoms with Crippen molar-refractivity contribution in [3.8, 4) is 11.5 Å². The topological polar surface area (TPSA) is 51.1 Å². The number of fused-ring (bicyclic) bond motifs is 1. The van der Waals surface area contributed by atoms with Crippen LogP contribution in [0.4, 0.5) is 5.69 Å². The lowest BCUT2D eigenvalue weighted by Crippen LogP contribution is -2.30. The zero-order chi connectivity index (χ0) is 20.5. The third-order valence-corrected chi connectivity index (χ3v) is 5.62. The van der Waals surface area contributed by atoms with E-state index < -0.39 is 0 Å². The van der Waals surface area contributed by atoms with Crippen LogP contribution in [0.15, 0.2) is 46.3 Å². The Morgan fingerprint density at radius 1 is 1.07 bits per heavy atom. The van der Waals surface area contributed by atoms with Gasteiger partial charge in [-0.05, 0) is 74.9 Å². The van der Waals surface area contributed by atoms with Gasteiger partial charge in [0.05, 0.1) is 10.6 Å². The van der Waals surface area contributed by atoms with Crippen LogP contribution in [0.2, 0.25) is 0 Å². The summed E-state index contributed by atoms with van der Waals surface area (Å²) in [6.07, 6.45) is 1.89. The molecular weight excluding hydrogens is 384 g/mol. The predicted molar refractivity (Wildman–Crippen MR) is 119 cm³/mol. The minimum absolute atomic E-state index is 0.0590. The summed E-state index contributed by atoms with van der Waals surface area (Å²) in [6, 6.07) is 11.9. The maximum atomic E-state index is 13.3. The van der Waals surface area contributed by atoms with Crippen LogP contribution in [0.1, 0.15) is 30.5 Å². The second kappa shape index (κ2) is 7.95. The molecule has 29 heavy (non-hydrogen) atoms. The lowest BCUT2D eigenvalue weighted by molar-refractivity contribution is -0.113. The highest BCUT2D eigenvalue weighted by Gasteiger charge is 2.35. The van der Waals surface area contributed by atoms with E-state index in [1.54, 1.807) is 4.90 Å². The largest absolute Gasteiger partial charge is 0.486 e. The number of benzene rings is 2. The molecule has 0 bridgehead atoms. The molecule has 2 aromatic rings. The second-order valence-corrected chi connectivity index (χ2v) is 8.46. The molecule has 0 spiro atoms. The fourth-order valence-electron chi connectivity index (χ4n) is 3.35. The number of amides is 1. The summed E-state index contributed by atoms with van der Waals surface area (Å²) in [5.41, 5.74) is 3.99. The molecule has 1 fully saturated rings. The van der Waals surface area contributed by atoms with Crippen LogP contribution in [-0.2, 0) is 4.79 Å². The first-order valence-electron chi connectivity index (χ1n) is 9.71. The standard InChI is InChI=1S/C23H24N2O3S/c1-14(2)24-23-25(18-7-5-15(3)11-16(18)4)22(26)21(29-23)13-17-6-8-19-20(12-17)28-10-9-27-19/h5-8,11-14H,9-10H2,1-4H3/b21-13-,24-23?. The fourth-order valence-corrected chi connectivity index (χ4v) is 4.46. The average molecular weight is 409 g/mol. The Labute approximate surface area is 175 Å². The molecule has 0 aromatic heterocycles. The van der Waals surface area contributed by atoms with Crippen LogP contribution >= 0.6 is 11.8 Å². The molecule has 0 saturated carbocycles. The number of ether oxygens (including phenoxy) is 2. The average Bonchev–Trinajstić information content (AvgIpc) is 2.96. The summed E-state index contributed by atoms with van der Waals surface area (Å²) < 4.78 is 11.2. The SMILES string of the molecule is Cc1ccc(N2C(=O)/C(=C/c3ccc4c(c3)OCCO4)SC2=NC(C)C)c(C)c1. The van der Waals surface area contributed by atoms with Gasteiger partial charge in [-0.2, -0.15) is 0 Å². The van der Waals surface area contributed by atoms with Crippen molar-refractivity contribution in [2.24, 2.45) is 4.99 Å². The van der Waals surface area contributed by atoms with Crippen molar-refractivity contribution in [2.45, 2.75) is 33.7 Å². The molecule has 2 heterocycles. The van der Waals surface area contributed by atoms with Crippen molar-refractivity contribution in [1.82, 2.24) is 0 Å². The van der Waals surface area contributed by atoms with E-state index in [0.29, 0.717) is 29.0 Å². The van der Waals surface area contributed by atoms with Crippen molar-refractivity contribution in [3.05, 3.63) is 58.0 Å². The Hall–Kier alpha value is -2.73. The van der Waals surface area contributed by atoms with Crippen molar-refractivity contribution in [2.75, 3.05) is 18.1 Å². The molecule has 0 atom stereocenters. The van der Waals surface area contributed by atoms with Gasteiger partial charge in [-0.3, -0.25) is 14.7 Å². The molecular formula is C23H24N2O3S. The first kappa shape index (κ1) is 19.6. The third kappa shape index (κ3) is 4.03. The Morgan fingerprint density at radius 3 is 2.55 bits per heavy atom. The summed E-state index contributed by atoms with van der Waals surface area (Å²) in [5, 5.41) is 0.709. The number of anilines is 1. The van der Waals surface area contributed by atoms with E-state index in [1.807, 2.05) is 64.1 Å². The number of thioether (sulfide) groups is 1. The molecule has 1 amide bonds. The summed E-state index contributed by atoms with van der Waals surface area (Å²) >= 11 is 1.41. The van der Waals surface area contributed by atoms with Crippen molar-refractivity contribution < 1.29 is 14.3 Å². The van der Waals surface area contributed by atoms with Crippen molar-refractivity contribution in [3.63, 3.8) is 0 Å². The van der Waals surface area contributed by atoms with Gasteiger partial charge >= 0.3 is 0 Å². The van der Waals surface area contributed by atoms with E-state index in [2.05, 4.69) is 6.07 Å². The van der Waals surface area contributed by atoms with E-state index in [1.165, 1.54) is 17.3 Å². The molecule has 2 aliphatic rings. The van der Waals surface area contributed by atoms with Crippen LogP contribution in [-0.4, -0.2) is 30.3 Å². The number of carbonyl (C=O) groups is 1. The number of hydrogen-bond acceptors (Lipinski definition) is 5. The Balaban J connectivity index is 1.72. The lowest BCUT2D eigenvalue weighted by Gasteiger charge is -2.19. The van der Waals surface area contributed by atoms with Gasteiger partial charge in [0.1, 0.15) is 13.2 Å². The second-order valence-electron chi connectivity index (χ2n) is 7.45. The first-order chi connectivity index (χ1) is 13.9. The quantitative estimate of drug-likeness (QED) is 0.674. The van der Waals surface area contributed by atoms with Gasteiger partial charge in [-0.1, -0.05) is 23.8 Å². The number of aliphatic imine (C=N–C) groups is 1. The third-order valence-electron chi connectivity index (χ3n) is 4.63. The molecule has 4 rings (SSSR count). The minimum Gasteiger partial charge on any atom is -0.486 e. The summed E-state index contributed by atoms with van der Waals surface area (Å²) in [5.74, 6) is 1.39. The Kier molecular flexibility index (Phi) is 5.37. The normalized spacial score (nSPS) is 18.9. The molecule has 5 nitrogen and oxygen atoms in total. The smallest absolute Gasteiger partial charge is 0.271 e. The maximum Gasteiger partial charge on any atom is 0.271 e. The predicted octanol–water partition coefficient (Wildman–Crippen LogP) is 4.96. The zero-order valence-corrected chi connectivity index (χ0v) is 17.9. The first-order valence-corrected chi connectivity index (χ1v) is 10.5. The number of amidine groups is 1. The number of hydrogen-bond donors (Lipinski definition) is 0. The van der Waals surface area contributed by atoms with Crippen molar-refractivity contribution >= 4 is 34.6 Å². The van der Waals surface area contributed by atoms with Crippen LogP contribution in [0, 0.1) is 13.8 Å². The van der Waals surface area contributed by atoms with Gasteiger partial charge in [-0.25, -0.2) is 0 Å². The molecule has 2 aliphatic heterocycles. The summed E-state index contributed by atoms with van der Waals surface area (Å²) in [4.78, 5) is 20.4. The van der Waals surface area contributed by atoms with Crippen LogP contribution in [0.3, 0.4) is 0 Å². The van der Waals surface area contributed by atoms with Crippen LogP contribution < -0.4 is 14.4 Å². The van der Waals surface area contributed by atoms with Gasteiger partial charge in [0.15, 0.2) is 16.7 Å². The molecule has 0 unspecified atom stereocenters. The van der Waals surface area contributed by atoms with Crippen LogP contribution in [0.5, 0.6) is 11.5 Å². The minimum atomic E-state index is -0.0590. The lowest BCUT2D eigenvalue weighted by atomic mass is 10.1. The van der Waals surface area contributed by atoms with E-state index in [0.717, 1.165) is 22.6 Å². The fraction of sp³-hybridized carbons (Fsp3) is 0.304. The van der Waals surface area contributed by atoms with Gasteiger partial charge < -0.3 is 9.47 Å². The molecule has 1 saturated heterocycles. The van der Waals surface area contributed by atoms with E-state index >= 15 is 0 Å². The number of nitrogens with zero attached hydrogens (tertiary/aromatic N) is 2.